The van der Waals surface area contributed by atoms with E-state index >= 15 is 0 Å². The lowest BCUT2D eigenvalue weighted by Gasteiger charge is -2.57. The van der Waals surface area contributed by atoms with Gasteiger partial charge in [0.1, 0.15) is 18.3 Å². The first-order chi connectivity index (χ1) is 12.8. The zero-order chi connectivity index (χ0) is 19.0. The number of carbonyl (C=O) groups excluding carboxylic acids is 2. The van der Waals surface area contributed by atoms with E-state index in [0.717, 1.165) is 32.1 Å². The molecule has 4 nitrogen and oxygen atoms in total. The molecule has 6 atom stereocenters. The summed E-state index contributed by atoms with van der Waals surface area (Å²) in [5.74, 6) is 1.28. The molecule has 0 spiro atoms. The largest absolute Gasteiger partial charge is 0.457 e. The Kier molecular flexibility index (Phi) is 3.56. The maximum Gasteiger partial charge on any atom is 0.250 e. The van der Waals surface area contributed by atoms with Crippen molar-refractivity contribution in [1.29, 1.82) is 0 Å². The summed E-state index contributed by atoms with van der Waals surface area (Å²) in [5, 5.41) is 0. The summed E-state index contributed by atoms with van der Waals surface area (Å²) in [6, 6.07) is 0. The fourth-order valence-corrected chi connectivity index (χ4v) is 7.76. The van der Waals surface area contributed by atoms with E-state index in [1.54, 1.807) is 12.5 Å². The van der Waals surface area contributed by atoms with Gasteiger partial charge in [0.2, 0.25) is 5.79 Å². The molecule has 27 heavy (non-hydrogen) atoms. The van der Waals surface area contributed by atoms with Crippen molar-refractivity contribution in [3.8, 4) is 0 Å². The molecule has 146 valence electrons. The van der Waals surface area contributed by atoms with Crippen molar-refractivity contribution < 1.29 is 19.1 Å². The van der Waals surface area contributed by atoms with Crippen LogP contribution in [0.2, 0.25) is 0 Å². The van der Waals surface area contributed by atoms with Gasteiger partial charge < -0.3 is 9.47 Å². The summed E-state index contributed by atoms with van der Waals surface area (Å²) >= 11 is 0. The van der Waals surface area contributed by atoms with Crippen LogP contribution in [0.1, 0.15) is 65.7 Å². The molecule has 6 unspecified atom stereocenters. The molecule has 0 amide bonds. The van der Waals surface area contributed by atoms with Crippen molar-refractivity contribution >= 4 is 11.6 Å². The minimum absolute atomic E-state index is 0.0684. The second-order valence-electron chi connectivity index (χ2n) is 10.1. The lowest BCUT2D eigenvalue weighted by molar-refractivity contribution is -0.203. The Morgan fingerprint density at radius 2 is 1.74 bits per heavy atom. The quantitative estimate of drug-likeness (QED) is 0.680. The first kappa shape index (κ1) is 17.5. The molecule has 4 heteroatoms. The number of hydrogen-bond acceptors (Lipinski definition) is 4. The van der Waals surface area contributed by atoms with Gasteiger partial charge in [-0.1, -0.05) is 19.4 Å². The molecule has 5 rings (SSSR count). The molecule has 0 saturated heterocycles. The van der Waals surface area contributed by atoms with Gasteiger partial charge in [-0.25, -0.2) is 0 Å². The molecule has 0 N–H and O–H groups in total. The average Bonchev–Trinajstić information content (AvgIpc) is 3.19. The van der Waals surface area contributed by atoms with Crippen LogP contribution in [0.3, 0.4) is 0 Å². The topological polar surface area (TPSA) is 52.6 Å². The molecule has 3 fully saturated rings. The van der Waals surface area contributed by atoms with E-state index in [-0.39, 0.29) is 28.4 Å². The number of Topliss-reactive ketones (excluding diaryl/α,β-unsaturated/α-hetero) is 1. The second-order valence-corrected chi connectivity index (χ2v) is 10.1. The summed E-state index contributed by atoms with van der Waals surface area (Å²) in [7, 11) is 0. The summed E-state index contributed by atoms with van der Waals surface area (Å²) in [6.07, 6.45) is 11.4. The smallest absolute Gasteiger partial charge is 0.250 e. The first-order valence-corrected chi connectivity index (χ1v) is 10.6. The molecule has 4 aliphatic carbocycles. The number of hydrogen-bond donors (Lipinski definition) is 0. The minimum atomic E-state index is -0.641. The molecule has 5 aliphatic rings. The van der Waals surface area contributed by atoms with Gasteiger partial charge in [0.25, 0.3) is 0 Å². The highest BCUT2D eigenvalue weighted by atomic mass is 16.7. The van der Waals surface area contributed by atoms with Crippen molar-refractivity contribution in [1.82, 2.24) is 0 Å². The molecule has 0 bridgehead atoms. The van der Waals surface area contributed by atoms with E-state index < -0.39 is 5.79 Å². The summed E-state index contributed by atoms with van der Waals surface area (Å²) in [4.78, 5) is 25.5. The standard InChI is InChI=1S/C23H30O4/c1-21-9-8-15(24)12-14(21)4-5-16-17-6-7-19(23(3)26-10-11-27-23)22(17,2)13-18(25)20(16)21/h10-12,16-17,19-20H,4-9,13H2,1-3H3. The van der Waals surface area contributed by atoms with Crippen LogP contribution in [-0.4, -0.2) is 17.4 Å². The van der Waals surface area contributed by atoms with Gasteiger partial charge in [0.15, 0.2) is 5.78 Å². The molecule has 1 aliphatic heterocycles. The molecule has 3 saturated carbocycles. The monoisotopic (exact) mass is 370 g/mol. The lowest BCUT2D eigenvalue weighted by atomic mass is 9.46. The Labute approximate surface area is 161 Å². The van der Waals surface area contributed by atoms with E-state index in [9.17, 15) is 9.59 Å². The number of allylic oxidation sites excluding steroid dienone is 1. The van der Waals surface area contributed by atoms with Gasteiger partial charge in [-0.2, -0.15) is 0 Å². The summed E-state index contributed by atoms with van der Waals surface area (Å²) < 4.78 is 11.7. The highest BCUT2D eigenvalue weighted by Gasteiger charge is 2.65. The minimum Gasteiger partial charge on any atom is -0.457 e. The third kappa shape index (κ3) is 2.22. The van der Waals surface area contributed by atoms with E-state index in [0.29, 0.717) is 30.5 Å². The third-order valence-corrected chi connectivity index (χ3v) is 8.94. The Hall–Kier alpha value is -1.58. The van der Waals surface area contributed by atoms with Crippen LogP contribution in [0.5, 0.6) is 0 Å². The Balaban J connectivity index is 1.51. The maximum atomic E-state index is 13.6. The summed E-state index contributed by atoms with van der Waals surface area (Å²) in [6.45, 7) is 6.58. The molecular formula is C23H30O4. The Bertz CT molecular complexity index is 756. The van der Waals surface area contributed by atoms with Crippen LogP contribution in [0.15, 0.2) is 24.2 Å². The van der Waals surface area contributed by atoms with Crippen molar-refractivity contribution in [2.24, 2.45) is 34.5 Å². The van der Waals surface area contributed by atoms with Gasteiger partial charge in [-0.15, -0.1) is 0 Å². The maximum absolute atomic E-state index is 13.6. The third-order valence-electron chi connectivity index (χ3n) is 8.94. The average molecular weight is 370 g/mol. The van der Waals surface area contributed by atoms with Gasteiger partial charge >= 0.3 is 0 Å². The molecular weight excluding hydrogens is 340 g/mol. The SMILES string of the molecule is CC1(C2CCC3C4CCC5=CC(=O)CCC5(C)C4C(=O)CC32C)OC=CO1. The summed E-state index contributed by atoms with van der Waals surface area (Å²) in [5.41, 5.74) is 1.06. The molecule has 0 aromatic heterocycles. The van der Waals surface area contributed by atoms with Gasteiger partial charge in [-0.3, -0.25) is 9.59 Å². The van der Waals surface area contributed by atoms with Crippen molar-refractivity contribution in [2.45, 2.75) is 71.5 Å². The van der Waals surface area contributed by atoms with Crippen LogP contribution in [0.25, 0.3) is 0 Å². The number of fused-ring (bicyclic) bond motifs is 5. The van der Waals surface area contributed by atoms with Gasteiger partial charge in [0, 0.05) is 31.6 Å². The van der Waals surface area contributed by atoms with Crippen LogP contribution >= 0.6 is 0 Å². The number of ether oxygens (including phenoxy) is 2. The highest BCUT2D eigenvalue weighted by molar-refractivity contribution is 5.93. The van der Waals surface area contributed by atoms with Crippen LogP contribution in [0.4, 0.5) is 0 Å². The van der Waals surface area contributed by atoms with E-state index in [4.69, 9.17) is 9.47 Å². The van der Waals surface area contributed by atoms with Crippen molar-refractivity contribution in [3.63, 3.8) is 0 Å². The number of rotatable bonds is 1. The second kappa shape index (κ2) is 5.48. The highest BCUT2D eigenvalue weighted by Crippen LogP contribution is 2.67. The first-order valence-electron chi connectivity index (χ1n) is 10.6. The molecule has 0 aromatic carbocycles. The normalized spacial score (nSPS) is 47.4. The Morgan fingerprint density at radius 1 is 1.00 bits per heavy atom. The van der Waals surface area contributed by atoms with Crippen LogP contribution < -0.4 is 0 Å². The predicted octanol–water partition coefficient (Wildman–Crippen LogP) is 4.55. The fourth-order valence-electron chi connectivity index (χ4n) is 7.76. The fraction of sp³-hybridized carbons (Fsp3) is 0.739. The van der Waals surface area contributed by atoms with Crippen LogP contribution in [-0.2, 0) is 19.1 Å². The van der Waals surface area contributed by atoms with Crippen molar-refractivity contribution in [3.05, 3.63) is 24.2 Å². The van der Waals surface area contributed by atoms with Gasteiger partial charge in [0.05, 0.1) is 0 Å². The molecule has 0 radical (unpaired) electrons. The Morgan fingerprint density at radius 3 is 2.48 bits per heavy atom. The van der Waals surface area contributed by atoms with Gasteiger partial charge in [-0.05, 0) is 60.8 Å². The van der Waals surface area contributed by atoms with Crippen LogP contribution in [0, 0.1) is 34.5 Å². The molecule has 1 heterocycles. The van der Waals surface area contributed by atoms with Crippen molar-refractivity contribution in [2.75, 3.05) is 0 Å². The predicted molar refractivity (Wildman–Crippen MR) is 100 cm³/mol. The zero-order valence-electron chi connectivity index (χ0n) is 16.6. The van der Waals surface area contributed by atoms with E-state index in [2.05, 4.69) is 13.8 Å². The van der Waals surface area contributed by atoms with E-state index in [1.807, 2.05) is 13.0 Å². The zero-order valence-corrected chi connectivity index (χ0v) is 16.6. The number of carbonyl (C=O) groups is 2. The number of ketones is 2. The molecule has 0 aromatic rings. The van der Waals surface area contributed by atoms with E-state index in [1.165, 1.54) is 5.57 Å². The lowest BCUT2D eigenvalue weighted by Crippen LogP contribution is -2.57.